The van der Waals surface area contributed by atoms with Crippen molar-refractivity contribution in [1.82, 2.24) is 4.90 Å². The van der Waals surface area contributed by atoms with E-state index in [-0.39, 0.29) is 6.10 Å². The molecular weight excluding hydrogens is 174 g/mol. The molecule has 0 aliphatic rings. The number of ether oxygens (including phenoxy) is 1. The van der Waals surface area contributed by atoms with Crippen LogP contribution in [0.15, 0.2) is 30.3 Å². The van der Waals surface area contributed by atoms with Crippen LogP contribution in [0.2, 0.25) is 0 Å². The summed E-state index contributed by atoms with van der Waals surface area (Å²) in [5.41, 5.74) is 0. The highest BCUT2D eigenvalue weighted by Gasteiger charge is 2.03. The normalized spacial score (nSPS) is 12.9. The molecule has 0 spiro atoms. The number of rotatable bonds is 5. The minimum Gasteiger partial charge on any atom is -0.490 e. The largest absolute Gasteiger partial charge is 0.490 e. The quantitative estimate of drug-likeness (QED) is 0.709. The fourth-order valence-electron chi connectivity index (χ4n) is 1.15. The average Bonchev–Trinajstić information content (AvgIpc) is 2.16. The van der Waals surface area contributed by atoms with E-state index in [0.29, 0.717) is 0 Å². The third kappa shape index (κ3) is 4.28. The van der Waals surface area contributed by atoms with Gasteiger partial charge in [-0.2, -0.15) is 0 Å². The van der Waals surface area contributed by atoms with Crippen molar-refractivity contribution >= 4 is 0 Å². The minimum atomic E-state index is 0.0276. The molecule has 1 aromatic rings. The van der Waals surface area contributed by atoms with E-state index in [4.69, 9.17) is 4.74 Å². The van der Waals surface area contributed by atoms with Crippen LogP contribution in [-0.4, -0.2) is 31.6 Å². The molecule has 0 N–H and O–H groups in total. The van der Waals surface area contributed by atoms with Crippen LogP contribution in [0.5, 0.6) is 5.75 Å². The van der Waals surface area contributed by atoms with Crippen molar-refractivity contribution in [3.8, 4) is 5.75 Å². The molecule has 1 rings (SSSR count). The summed E-state index contributed by atoms with van der Waals surface area (Å²) in [5.74, 6) is 0.895. The van der Waals surface area contributed by atoms with Crippen LogP contribution in [0.1, 0.15) is 6.42 Å². The molecule has 0 fully saturated rings. The Hall–Kier alpha value is -1.02. The molecule has 77 valence electrons. The van der Waals surface area contributed by atoms with Crippen molar-refractivity contribution in [2.45, 2.75) is 12.5 Å². The second kappa shape index (κ2) is 5.66. The summed E-state index contributed by atoms with van der Waals surface area (Å²) in [6.45, 7) is 4.96. The van der Waals surface area contributed by atoms with Crippen molar-refractivity contribution in [2.24, 2.45) is 0 Å². The molecular formula is C12H18NO. The Morgan fingerprint density at radius 3 is 2.50 bits per heavy atom. The Labute approximate surface area is 86.5 Å². The summed E-state index contributed by atoms with van der Waals surface area (Å²) in [6.07, 6.45) is 0.974. The van der Waals surface area contributed by atoms with Gasteiger partial charge < -0.3 is 9.64 Å². The first-order valence-corrected chi connectivity index (χ1v) is 4.88. The van der Waals surface area contributed by atoms with Crippen molar-refractivity contribution in [2.75, 3.05) is 20.6 Å². The summed E-state index contributed by atoms with van der Waals surface area (Å²) >= 11 is 0. The molecule has 0 heterocycles. The lowest BCUT2D eigenvalue weighted by Crippen LogP contribution is -2.21. The van der Waals surface area contributed by atoms with Crippen molar-refractivity contribution in [3.63, 3.8) is 0 Å². The van der Waals surface area contributed by atoms with Gasteiger partial charge in [0.1, 0.15) is 11.9 Å². The van der Waals surface area contributed by atoms with Gasteiger partial charge in [-0.25, -0.2) is 0 Å². The summed E-state index contributed by atoms with van der Waals surface area (Å²) in [4.78, 5) is 2.13. The second-order valence-electron chi connectivity index (χ2n) is 3.64. The number of para-hydroxylation sites is 1. The van der Waals surface area contributed by atoms with E-state index in [1.54, 1.807) is 0 Å². The standard InChI is InChI=1S/C12H18NO/c1-11(9-10-13(2)3)14-12-7-5-4-6-8-12/h4-8,11H,1,9-10H2,2-3H3. The Morgan fingerprint density at radius 2 is 1.93 bits per heavy atom. The lowest BCUT2D eigenvalue weighted by Gasteiger charge is -2.16. The number of benzene rings is 1. The van der Waals surface area contributed by atoms with Gasteiger partial charge in [-0.05, 0) is 39.6 Å². The zero-order chi connectivity index (χ0) is 10.4. The first kappa shape index (κ1) is 11.1. The zero-order valence-corrected chi connectivity index (χ0v) is 8.94. The van der Waals surface area contributed by atoms with Crippen LogP contribution in [-0.2, 0) is 0 Å². The molecule has 0 saturated heterocycles. The second-order valence-corrected chi connectivity index (χ2v) is 3.64. The zero-order valence-electron chi connectivity index (χ0n) is 8.94. The summed E-state index contributed by atoms with van der Waals surface area (Å²) < 4.78 is 5.63. The number of hydrogen-bond acceptors (Lipinski definition) is 2. The first-order chi connectivity index (χ1) is 6.68. The van der Waals surface area contributed by atoms with Crippen LogP contribution >= 0.6 is 0 Å². The predicted octanol–water partition coefficient (Wildman–Crippen LogP) is 2.22. The number of hydrogen-bond donors (Lipinski definition) is 0. The first-order valence-electron chi connectivity index (χ1n) is 4.88. The van der Waals surface area contributed by atoms with Gasteiger partial charge >= 0.3 is 0 Å². The van der Waals surface area contributed by atoms with Crippen LogP contribution in [0, 0.1) is 6.92 Å². The summed E-state index contributed by atoms with van der Waals surface area (Å²) in [6, 6.07) is 9.81. The molecule has 0 saturated carbocycles. The SMILES string of the molecule is [CH2]C(CCN(C)C)Oc1ccccc1. The molecule has 14 heavy (non-hydrogen) atoms. The third-order valence-corrected chi connectivity index (χ3v) is 1.94. The smallest absolute Gasteiger partial charge is 0.119 e. The van der Waals surface area contributed by atoms with Gasteiger partial charge in [-0.15, -0.1) is 0 Å². The summed E-state index contributed by atoms with van der Waals surface area (Å²) in [5, 5.41) is 0. The molecule has 1 atom stereocenters. The van der Waals surface area contributed by atoms with E-state index in [1.165, 1.54) is 0 Å². The average molecular weight is 192 g/mol. The maximum absolute atomic E-state index is 5.63. The van der Waals surface area contributed by atoms with E-state index in [1.807, 2.05) is 30.3 Å². The van der Waals surface area contributed by atoms with Gasteiger partial charge in [0.25, 0.3) is 0 Å². The van der Waals surface area contributed by atoms with Crippen molar-refractivity contribution < 1.29 is 4.74 Å². The molecule has 1 radical (unpaired) electrons. The van der Waals surface area contributed by atoms with Crippen LogP contribution in [0.4, 0.5) is 0 Å². The molecule has 0 aliphatic heterocycles. The van der Waals surface area contributed by atoms with Gasteiger partial charge in [0, 0.05) is 6.54 Å². The van der Waals surface area contributed by atoms with Crippen LogP contribution < -0.4 is 4.74 Å². The topological polar surface area (TPSA) is 12.5 Å². The molecule has 0 aliphatic carbocycles. The molecule has 0 bridgehead atoms. The Morgan fingerprint density at radius 1 is 1.29 bits per heavy atom. The van der Waals surface area contributed by atoms with Gasteiger partial charge in [-0.1, -0.05) is 18.2 Å². The van der Waals surface area contributed by atoms with Crippen LogP contribution in [0.3, 0.4) is 0 Å². The minimum absolute atomic E-state index is 0.0276. The highest BCUT2D eigenvalue weighted by molar-refractivity contribution is 5.21. The fraction of sp³-hybridized carbons (Fsp3) is 0.417. The maximum atomic E-state index is 5.63. The van der Waals surface area contributed by atoms with Gasteiger partial charge in [0.05, 0.1) is 0 Å². The monoisotopic (exact) mass is 192 g/mol. The van der Waals surface area contributed by atoms with E-state index < -0.39 is 0 Å². The third-order valence-electron chi connectivity index (χ3n) is 1.94. The molecule has 2 nitrogen and oxygen atoms in total. The van der Waals surface area contributed by atoms with Crippen molar-refractivity contribution in [3.05, 3.63) is 37.3 Å². The van der Waals surface area contributed by atoms with Crippen molar-refractivity contribution in [1.29, 1.82) is 0 Å². The Bertz CT molecular complexity index is 246. The predicted molar refractivity (Wildman–Crippen MR) is 59.4 cm³/mol. The fourth-order valence-corrected chi connectivity index (χ4v) is 1.15. The van der Waals surface area contributed by atoms with Gasteiger partial charge in [0.15, 0.2) is 0 Å². The molecule has 2 heteroatoms. The van der Waals surface area contributed by atoms with Crippen LogP contribution in [0.25, 0.3) is 0 Å². The highest BCUT2D eigenvalue weighted by atomic mass is 16.5. The van der Waals surface area contributed by atoms with Gasteiger partial charge in [0.2, 0.25) is 0 Å². The molecule has 1 unspecified atom stereocenters. The molecule has 0 amide bonds. The molecule has 1 aromatic carbocycles. The van der Waals surface area contributed by atoms with E-state index in [0.717, 1.165) is 18.7 Å². The number of nitrogens with zero attached hydrogens (tertiary/aromatic N) is 1. The van der Waals surface area contributed by atoms with Gasteiger partial charge in [-0.3, -0.25) is 0 Å². The molecule has 0 aromatic heterocycles. The van der Waals surface area contributed by atoms with E-state index >= 15 is 0 Å². The maximum Gasteiger partial charge on any atom is 0.119 e. The lowest BCUT2D eigenvalue weighted by molar-refractivity contribution is 0.217. The van der Waals surface area contributed by atoms with E-state index in [9.17, 15) is 0 Å². The van der Waals surface area contributed by atoms with E-state index in [2.05, 4.69) is 25.9 Å². The highest BCUT2D eigenvalue weighted by Crippen LogP contribution is 2.11. The summed E-state index contributed by atoms with van der Waals surface area (Å²) in [7, 11) is 4.10. The lowest BCUT2D eigenvalue weighted by atomic mass is 10.2. The Kier molecular flexibility index (Phi) is 4.47. The Balaban J connectivity index is 2.30.